The van der Waals surface area contributed by atoms with E-state index in [0.717, 1.165) is 34.7 Å². The third kappa shape index (κ3) is 3.43. The summed E-state index contributed by atoms with van der Waals surface area (Å²) in [6, 6.07) is 14.9. The van der Waals surface area contributed by atoms with Gasteiger partial charge < -0.3 is 4.74 Å². The van der Waals surface area contributed by atoms with Crippen LogP contribution in [0.3, 0.4) is 0 Å². The maximum absolute atomic E-state index is 12.8. The average Bonchev–Trinajstić information content (AvgIpc) is 3.05. The van der Waals surface area contributed by atoms with Crippen LogP contribution in [-0.4, -0.2) is 23.0 Å². The molecule has 2 amide bonds. The van der Waals surface area contributed by atoms with Crippen LogP contribution in [0.5, 0.6) is 5.75 Å². The molecule has 6 heteroatoms. The number of carbonyl (C=O) groups excluding carboxylic acids is 2. The monoisotopic (exact) mass is 420 g/mol. The maximum atomic E-state index is 12.8. The molecule has 1 aliphatic heterocycles. The number of benzene rings is 2. The van der Waals surface area contributed by atoms with Gasteiger partial charge in [-0.25, -0.2) is 0 Å². The SMILES string of the molecule is O=C1[C@@H]2[C@H](C(=O)N1/N=C\c1ccc(OCc3ccc(Cl)cc3)cc1)[C@H]1C=C[C@H]2CC1. The highest BCUT2D eigenvalue weighted by atomic mass is 35.5. The molecule has 1 saturated carbocycles. The minimum Gasteiger partial charge on any atom is -0.489 e. The summed E-state index contributed by atoms with van der Waals surface area (Å²) >= 11 is 5.89. The molecule has 4 atom stereocenters. The smallest absolute Gasteiger partial charge is 0.254 e. The van der Waals surface area contributed by atoms with Gasteiger partial charge in [0, 0.05) is 5.02 Å². The molecule has 0 unspecified atom stereocenters. The maximum Gasteiger partial charge on any atom is 0.254 e. The fourth-order valence-electron chi connectivity index (χ4n) is 4.69. The molecule has 152 valence electrons. The highest BCUT2D eigenvalue weighted by Gasteiger charge is 2.56. The van der Waals surface area contributed by atoms with E-state index in [4.69, 9.17) is 16.3 Å². The van der Waals surface area contributed by atoms with Crippen LogP contribution in [0.1, 0.15) is 24.0 Å². The van der Waals surface area contributed by atoms with Crippen LogP contribution in [0, 0.1) is 23.7 Å². The summed E-state index contributed by atoms with van der Waals surface area (Å²) in [5.41, 5.74) is 1.83. The van der Waals surface area contributed by atoms with Crippen LogP contribution in [0.2, 0.25) is 5.02 Å². The van der Waals surface area contributed by atoms with E-state index in [-0.39, 0.29) is 35.5 Å². The van der Waals surface area contributed by atoms with E-state index in [2.05, 4.69) is 17.3 Å². The topological polar surface area (TPSA) is 59.0 Å². The van der Waals surface area contributed by atoms with Gasteiger partial charge in [0.25, 0.3) is 11.8 Å². The van der Waals surface area contributed by atoms with Crippen LogP contribution in [0.15, 0.2) is 65.8 Å². The lowest BCUT2D eigenvalue weighted by Crippen LogP contribution is -2.38. The number of halogens is 1. The van der Waals surface area contributed by atoms with Crippen molar-refractivity contribution in [3.63, 3.8) is 0 Å². The first-order valence-electron chi connectivity index (χ1n) is 10.2. The zero-order chi connectivity index (χ0) is 20.7. The number of amides is 2. The van der Waals surface area contributed by atoms with E-state index in [0.29, 0.717) is 11.6 Å². The summed E-state index contributed by atoms with van der Waals surface area (Å²) in [6.07, 6.45) is 7.74. The molecule has 4 aliphatic rings. The van der Waals surface area contributed by atoms with Gasteiger partial charge in [0.2, 0.25) is 0 Å². The lowest BCUT2D eigenvalue weighted by atomic mass is 9.63. The summed E-state index contributed by atoms with van der Waals surface area (Å²) in [7, 11) is 0. The van der Waals surface area contributed by atoms with Crippen molar-refractivity contribution in [2.75, 3.05) is 0 Å². The number of hydrazone groups is 1. The number of hydrogen-bond donors (Lipinski definition) is 0. The predicted molar refractivity (Wildman–Crippen MR) is 114 cm³/mol. The number of rotatable bonds is 5. The Labute approximate surface area is 180 Å². The average molecular weight is 421 g/mol. The Balaban J connectivity index is 1.23. The minimum atomic E-state index is -0.234. The van der Waals surface area contributed by atoms with Gasteiger partial charge in [-0.2, -0.15) is 10.1 Å². The summed E-state index contributed by atoms with van der Waals surface area (Å²) in [5, 5.41) is 6.01. The highest BCUT2D eigenvalue weighted by molar-refractivity contribution is 6.30. The van der Waals surface area contributed by atoms with Gasteiger partial charge in [0.05, 0.1) is 18.1 Å². The molecule has 1 saturated heterocycles. The second-order valence-corrected chi connectivity index (χ2v) is 8.49. The first-order chi connectivity index (χ1) is 14.6. The van der Waals surface area contributed by atoms with Crippen molar-refractivity contribution >= 4 is 29.6 Å². The van der Waals surface area contributed by atoms with Gasteiger partial charge in [-0.3, -0.25) is 9.59 Å². The zero-order valence-corrected chi connectivity index (χ0v) is 17.0. The van der Waals surface area contributed by atoms with Gasteiger partial charge >= 0.3 is 0 Å². The third-order valence-electron chi connectivity index (χ3n) is 6.26. The van der Waals surface area contributed by atoms with E-state index in [1.807, 2.05) is 48.5 Å². The number of nitrogens with zero attached hydrogens (tertiary/aromatic N) is 2. The van der Waals surface area contributed by atoms with E-state index in [1.165, 1.54) is 0 Å². The molecule has 3 aliphatic carbocycles. The molecule has 0 radical (unpaired) electrons. The molecule has 30 heavy (non-hydrogen) atoms. The van der Waals surface area contributed by atoms with Crippen molar-refractivity contribution in [2.45, 2.75) is 19.4 Å². The Kier molecular flexibility index (Phi) is 4.91. The van der Waals surface area contributed by atoms with Gasteiger partial charge in [0.15, 0.2) is 0 Å². The lowest BCUT2D eigenvalue weighted by molar-refractivity contribution is -0.140. The second-order valence-electron chi connectivity index (χ2n) is 8.06. The van der Waals surface area contributed by atoms with E-state index < -0.39 is 0 Å². The Morgan fingerprint density at radius 1 is 0.933 bits per heavy atom. The summed E-state index contributed by atoms with van der Waals surface area (Å²) in [6.45, 7) is 0.445. The lowest BCUT2D eigenvalue weighted by Gasteiger charge is -2.37. The molecule has 2 aromatic carbocycles. The fourth-order valence-corrected chi connectivity index (χ4v) is 4.82. The molecule has 0 spiro atoms. The minimum absolute atomic E-state index is 0.164. The molecular weight excluding hydrogens is 400 g/mol. The molecule has 5 nitrogen and oxygen atoms in total. The third-order valence-corrected chi connectivity index (χ3v) is 6.51. The number of fused-ring (bicyclic) bond motifs is 1. The van der Waals surface area contributed by atoms with Gasteiger partial charge in [-0.05, 0) is 72.2 Å². The van der Waals surface area contributed by atoms with Crippen molar-refractivity contribution in [1.82, 2.24) is 5.01 Å². The van der Waals surface area contributed by atoms with Crippen LogP contribution >= 0.6 is 11.6 Å². The molecule has 0 aromatic heterocycles. The predicted octanol–water partition coefficient (Wildman–Crippen LogP) is 4.45. The summed E-state index contributed by atoms with van der Waals surface area (Å²) in [5.74, 6) is 0.280. The van der Waals surface area contributed by atoms with Crippen molar-refractivity contribution < 1.29 is 14.3 Å². The van der Waals surface area contributed by atoms with Crippen LogP contribution in [-0.2, 0) is 16.2 Å². The molecule has 6 rings (SSSR count). The Morgan fingerprint density at radius 3 is 2.10 bits per heavy atom. The quantitative estimate of drug-likeness (QED) is 0.408. The first-order valence-corrected chi connectivity index (χ1v) is 10.6. The van der Waals surface area contributed by atoms with Crippen molar-refractivity contribution in [1.29, 1.82) is 0 Å². The largest absolute Gasteiger partial charge is 0.489 e. The number of carbonyl (C=O) groups is 2. The number of allylic oxidation sites excluding steroid dienone is 2. The van der Waals surface area contributed by atoms with E-state index in [9.17, 15) is 9.59 Å². The van der Waals surface area contributed by atoms with Crippen LogP contribution in [0.4, 0.5) is 0 Å². The Hall–Kier alpha value is -2.92. The molecule has 0 N–H and O–H groups in total. The standard InChI is InChI=1S/C24H21ClN2O3/c25-19-9-1-16(2-10-19)14-30-20-11-3-15(4-12-20)13-26-27-23(28)21-17-5-6-18(8-7-17)22(21)24(27)29/h1-6,9-13,17-18,21-22H,7-8,14H2/b26-13-/t17-,18-,21-,22+/m0/s1. The van der Waals surface area contributed by atoms with E-state index in [1.54, 1.807) is 6.21 Å². The van der Waals surface area contributed by atoms with E-state index >= 15 is 0 Å². The Bertz CT molecular complexity index is 997. The fraction of sp³-hybridized carbons (Fsp3) is 0.292. The number of imide groups is 1. The Morgan fingerprint density at radius 2 is 1.53 bits per heavy atom. The summed E-state index contributed by atoms with van der Waals surface area (Å²) in [4.78, 5) is 25.6. The summed E-state index contributed by atoms with van der Waals surface area (Å²) < 4.78 is 5.78. The van der Waals surface area contributed by atoms with Crippen molar-refractivity contribution in [2.24, 2.45) is 28.8 Å². The number of ether oxygens (including phenoxy) is 1. The zero-order valence-electron chi connectivity index (χ0n) is 16.3. The molecule has 2 aromatic rings. The second kappa shape index (κ2) is 7.73. The van der Waals surface area contributed by atoms with Gasteiger partial charge in [-0.15, -0.1) is 0 Å². The molecule has 2 bridgehead atoms. The first kappa shape index (κ1) is 19.1. The van der Waals surface area contributed by atoms with Crippen molar-refractivity contribution in [3.8, 4) is 5.75 Å². The highest BCUT2D eigenvalue weighted by Crippen LogP contribution is 2.49. The van der Waals surface area contributed by atoms with Crippen molar-refractivity contribution in [3.05, 3.63) is 76.8 Å². The molecule has 2 fully saturated rings. The number of hydrogen-bond acceptors (Lipinski definition) is 4. The molecule has 1 heterocycles. The van der Waals surface area contributed by atoms with Gasteiger partial charge in [0.1, 0.15) is 12.4 Å². The van der Waals surface area contributed by atoms with Crippen LogP contribution < -0.4 is 4.74 Å². The normalized spacial score (nSPS) is 27.2. The molecular formula is C24H21ClN2O3. The van der Waals surface area contributed by atoms with Crippen LogP contribution in [0.25, 0.3) is 0 Å². The van der Waals surface area contributed by atoms with Gasteiger partial charge in [-0.1, -0.05) is 35.9 Å².